The number of anilines is 1. The normalized spacial score (nSPS) is 17.8. The molecule has 0 aromatic heterocycles. The predicted octanol–water partition coefficient (Wildman–Crippen LogP) is 3.21. The molecular weight excluding hydrogens is 340 g/mol. The summed E-state index contributed by atoms with van der Waals surface area (Å²) in [5.41, 5.74) is 2.50. The van der Waals surface area contributed by atoms with Crippen LogP contribution in [0.1, 0.15) is 35.7 Å². The molecule has 0 heterocycles. The Bertz CT molecular complexity index is 815. The van der Waals surface area contributed by atoms with Crippen LogP contribution in [0.2, 0.25) is 0 Å². The van der Waals surface area contributed by atoms with Gasteiger partial charge in [-0.15, -0.1) is 0 Å². The minimum Gasteiger partial charge on any atom is -0.356 e. The minimum atomic E-state index is -0.272. The molecule has 1 fully saturated rings. The van der Waals surface area contributed by atoms with Crippen molar-refractivity contribution < 1.29 is 14.4 Å². The van der Waals surface area contributed by atoms with E-state index in [0.717, 1.165) is 12.8 Å². The summed E-state index contributed by atoms with van der Waals surface area (Å²) in [6.45, 7) is 2.12. The smallest absolute Gasteiger partial charge is 0.228 e. The SMILES string of the molecule is CC(=O)c1ccc(NC(=O)C2CC2C(=O)NCCCc2ccccc2)cc1. The van der Waals surface area contributed by atoms with Crippen LogP contribution in [0.25, 0.3) is 0 Å². The molecule has 0 saturated heterocycles. The maximum absolute atomic E-state index is 12.3. The van der Waals surface area contributed by atoms with Gasteiger partial charge in [-0.2, -0.15) is 0 Å². The third-order valence-electron chi connectivity index (χ3n) is 4.81. The van der Waals surface area contributed by atoms with E-state index < -0.39 is 0 Å². The van der Waals surface area contributed by atoms with E-state index in [0.29, 0.717) is 24.2 Å². The first-order valence-corrected chi connectivity index (χ1v) is 9.28. The molecule has 27 heavy (non-hydrogen) atoms. The van der Waals surface area contributed by atoms with Crippen LogP contribution in [-0.4, -0.2) is 24.1 Å². The van der Waals surface area contributed by atoms with Gasteiger partial charge in [0.25, 0.3) is 0 Å². The lowest BCUT2D eigenvalue weighted by molar-refractivity contribution is -0.125. The van der Waals surface area contributed by atoms with Crippen molar-refractivity contribution in [1.82, 2.24) is 5.32 Å². The molecule has 2 N–H and O–H groups in total. The van der Waals surface area contributed by atoms with Crippen LogP contribution in [0.3, 0.4) is 0 Å². The van der Waals surface area contributed by atoms with Gasteiger partial charge in [0.15, 0.2) is 5.78 Å². The minimum absolute atomic E-state index is 0.0148. The average Bonchev–Trinajstić information content (AvgIpc) is 3.47. The lowest BCUT2D eigenvalue weighted by atomic mass is 10.1. The Kier molecular flexibility index (Phi) is 6.01. The molecule has 2 amide bonds. The lowest BCUT2D eigenvalue weighted by Gasteiger charge is -2.07. The summed E-state index contributed by atoms with van der Waals surface area (Å²) in [7, 11) is 0. The Morgan fingerprint density at radius 3 is 2.26 bits per heavy atom. The molecule has 0 radical (unpaired) electrons. The Morgan fingerprint density at radius 2 is 1.59 bits per heavy atom. The zero-order chi connectivity index (χ0) is 19.2. The zero-order valence-corrected chi connectivity index (χ0v) is 15.4. The fourth-order valence-electron chi connectivity index (χ4n) is 3.08. The van der Waals surface area contributed by atoms with Gasteiger partial charge >= 0.3 is 0 Å². The highest BCUT2D eigenvalue weighted by atomic mass is 16.2. The summed E-state index contributed by atoms with van der Waals surface area (Å²) in [4.78, 5) is 35.7. The number of carbonyl (C=O) groups excluding carboxylic acids is 3. The standard InChI is InChI=1S/C22H24N2O3/c1-15(25)17-9-11-18(12-10-17)24-22(27)20-14-19(20)21(26)23-13-5-8-16-6-3-2-4-7-16/h2-4,6-7,9-12,19-20H,5,8,13-14H2,1H3,(H,23,26)(H,24,27). The van der Waals surface area contributed by atoms with Crippen LogP contribution in [0.15, 0.2) is 54.6 Å². The fourth-order valence-corrected chi connectivity index (χ4v) is 3.08. The van der Waals surface area contributed by atoms with Gasteiger partial charge in [0.05, 0.1) is 11.8 Å². The van der Waals surface area contributed by atoms with Crippen LogP contribution in [0, 0.1) is 11.8 Å². The molecule has 5 nitrogen and oxygen atoms in total. The Morgan fingerprint density at radius 1 is 0.926 bits per heavy atom. The Balaban J connectivity index is 1.38. The molecular formula is C22H24N2O3. The van der Waals surface area contributed by atoms with Crippen molar-refractivity contribution in [2.45, 2.75) is 26.2 Å². The van der Waals surface area contributed by atoms with E-state index in [1.807, 2.05) is 18.2 Å². The zero-order valence-electron chi connectivity index (χ0n) is 15.4. The number of benzene rings is 2. The highest BCUT2D eigenvalue weighted by Gasteiger charge is 2.47. The molecule has 140 valence electrons. The van der Waals surface area contributed by atoms with Gasteiger partial charge in [0.1, 0.15) is 0 Å². The van der Waals surface area contributed by atoms with Crippen molar-refractivity contribution in [2.24, 2.45) is 11.8 Å². The Labute approximate surface area is 159 Å². The predicted molar refractivity (Wildman–Crippen MR) is 104 cm³/mol. The van der Waals surface area contributed by atoms with Crippen LogP contribution < -0.4 is 10.6 Å². The molecule has 2 unspecified atom stereocenters. The number of rotatable bonds is 8. The second-order valence-electron chi connectivity index (χ2n) is 6.95. The van der Waals surface area contributed by atoms with Crippen LogP contribution in [0.4, 0.5) is 5.69 Å². The third-order valence-corrected chi connectivity index (χ3v) is 4.81. The maximum Gasteiger partial charge on any atom is 0.228 e. The Hall–Kier alpha value is -2.95. The van der Waals surface area contributed by atoms with E-state index in [1.54, 1.807) is 24.3 Å². The number of aryl methyl sites for hydroxylation is 1. The molecule has 1 aliphatic rings. The lowest BCUT2D eigenvalue weighted by Crippen LogP contribution is -2.28. The number of amides is 2. The van der Waals surface area contributed by atoms with Gasteiger partial charge in [-0.3, -0.25) is 14.4 Å². The molecule has 0 bridgehead atoms. The van der Waals surface area contributed by atoms with E-state index in [1.165, 1.54) is 12.5 Å². The second-order valence-corrected chi connectivity index (χ2v) is 6.95. The summed E-state index contributed by atoms with van der Waals surface area (Å²) in [5, 5.41) is 5.74. The van der Waals surface area contributed by atoms with E-state index in [2.05, 4.69) is 22.8 Å². The number of hydrogen-bond acceptors (Lipinski definition) is 3. The van der Waals surface area contributed by atoms with Crippen molar-refractivity contribution in [3.8, 4) is 0 Å². The van der Waals surface area contributed by atoms with E-state index >= 15 is 0 Å². The number of carbonyl (C=O) groups is 3. The largest absolute Gasteiger partial charge is 0.356 e. The third kappa shape index (κ3) is 5.26. The molecule has 2 atom stereocenters. The van der Waals surface area contributed by atoms with Crippen LogP contribution >= 0.6 is 0 Å². The number of ketones is 1. The van der Waals surface area contributed by atoms with Crippen LogP contribution in [-0.2, 0) is 16.0 Å². The van der Waals surface area contributed by atoms with Gasteiger partial charge in [-0.05, 0) is 56.0 Å². The average molecular weight is 364 g/mol. The summed E-state index contributed by atoms with van der Waals surface area (Å²) >= 11 is 0. The van der Waals surface area contributed by atoms with Gasteiger partial charge < -0.3 is 10.6 Å². The van der Waals surface area contributed by atoms with Crippen molar-refractivity contribution in [3.05, 3.63) is 65.7 Å². The molecule has 0 spiro atoms. The van der Waals surface area contributed by atoms with Gasteiger partial charge in [-0.1, -0.05) is 30.3 Å². The molecule has 2 aromatic rings. The van der Waals surface area contributed by atoms with Crippen LogP contribution in [0.5, 0.6) is 0 Å². The second kappa shape index (κ2) is 8.62. The molecule has 5 heteroatoms. The first-order chi connectivity index (χ1) is 13.0. The fraction of sp³-hybridized carbons (Fsp3) is 0.318. The summed E-state index contributed by atoms with van der Waals surface area (Å²) in [5.74, 6) is -0.714. The first kappa shape index (κ1) is 18.8. The van der Waals surface area contributed by atoms with Crippen molar-refractivity contribution in [2.75, 3.05) is 11.9 Å². The molecule has 2 aromatic carbocycles. The summed E-state index contributed by atoms with van der Waals surface area (Å²) < 4.78 is 0. The molecule has 0 aliphatic heterocycles. The molecule has 1 aliphatic carbocycles. The number of nitrogens with one attached hydrogen (secondary N) is 2. The van der Waals surface area contributed by atoms with Gasteiger partial charge in [0.2, 0.25) is 11.8 Å². The topological polar surface area (TPSA) is 75.3 Å². The number of hydrogen-bond donors (Lipinski definition) is 2. The monoisotopic (exact) mass is 364 g/mol. The van der Waals surface area contributed by atoms with E-state index in [9.17, 15) is 14.4 Å². The summed E-state index contributed by atoms with van der Waals surface area (Å²) in [6, 6.07) is 16.9. The maximum atomic E-state index is 12.3. The highest BCUT2D eigenvalue weighted by molar-refractivity contribution is 6.00. The van der Waals surface area contributed by atoms with Gasteiger partial charge in [0, 0.05) is 17.8 Å². The quantitative estimate of drug-likeness (QED) is 0.558. The summed E-state index contributed by atoms with van der Waals surface area (Å²) in [6.07, 6.45) is 2.38. The van der Waals surface area contributed by atoms with E-state index in [4.69, 9.17) is 0 Å². The highest BCUT2D eigenvalue weighted by Crippen LogP contribution is 2.39. The van der Waals surface area contributed by atoms with Crippen molar-refractivity contribution in [1.29, 1.82) is 0 Å². The van der Waals surface area contributed by atoms with Gasteiger partial charge in [-0.25, -0.2) is 0 Å². The molecule has 3 rings (SSSR count). The van der Waals surface area contributed by atoms with Crippen molar-refractivity contribution >= 4 is 23.3 Å². The number of Topliss-reactive ketones (excluding diaryl/α,β-unsaturated/α-hetero) is 1. The molecule has 1 saturated carbocycles. The van der Waals surface area contributed by atoms with Crippen molar-refractivity contribution in [3.63, 3.8) is 0 Å². The first-order valence-electron chi connectivity index (χ1n) is 9.28. The van der Waals surface area contributed by atoms with E-state index in [-0.39, 0.29) is 29.4 Å².